The van der Waals surface area contributed by atoms with Gasteiger partial charge in [-0.2, -0.15) is 0 Å². The lowest BCUT2D eigenvalue weighted by molar-refractivity contribution is -0.140. The SMILES string of the molecule is CC(C)CC(c1ccc(OC(C)OC(C)(C)C)cc1)C(C)(C)C. The highest BCUT2D eigenvalue weighted by atomic mass is 16.7. The number of hydrogen-bond acceptors (Lipinski definition) is 2. The van der Waals surface area contributed by atoms with E-state index < -0.39 is 0 Å². The first-order chi connectivity index (χ1) is 10.4. The van der Waals surface area contributed by atoms with E-state index in [0.29, 0.717) is 11.8 Å². The molecule has 1 aromatic carbocycles. The lowest BCUT2D eigenvalue weighted by Gasteiger charge is -2.33. The van der Waals surface area contributed by atoms with Crippen molar-refractivity contribution in [1.82, 2.24) is 0 Å². The Hall–Kier alpha value is -1.02. The summed E-state index contributed by atoms with van der Waals surface area (Å²) in [5.74, 6) is 2.11. The maximum Gasteiger partial charge on any atom is 0.197 e. The van der Waals surface area contributed by atoms with Gasteiger partial charge in [0.1, 0.15) is 5.75 Å². The maximum atomic E-state index is 5.87. The van der Waals surface area contributed by atoms with E-state index in [1.807, 2.05) is 27.7 Å². The summed E-state index contributed by atoms with van der Waals surface area (Å²) in [5, 5.41) is 0. The second kappa shape index (κ2) is 7.70. The molecule has 23 heavy (non-hydrogen) atoms. The van der Waals surface area contributed by atoms with E-state index in [-0.39, 0.29) is 17.3 Å². The third-order valence-corrected chi connectivity index (χ3v) is 3.86. The molecule has 0 saturated carbocycles. The fourth-order valence-electron chi connectivity index (χ4n) is 2.95. The van der Waals surface area contributed by atoms with E-state index in [0.717, 1.165) is 5.75 Å². The van der Waals surface area contributed by atoms with Crippen molar-refractivity contribution in [1.29, 1.82) is 0 Å². The van der Waals surface area contributed by atoms with Gasteiger partial charge in [0.15, 0.2) is 6.29 Å². The Morgan fingerprint density at radius 3 is 1.78 bits per heavy atom. The molecule has 0 radical (unpaired) electrons. The monoisotopic (exact) mass is 320 g/mol. The molecule has 0 fully saturated rings. The van der Waals surface area contributed by atoms with E-state index in [1.165, 1.54) is 12.0 Å². The molecular weight excluding hydrogens is 284 g/mol. The predicted octanol–water partition coefficient (Wildman–Crippen LogP) is 6.40. The summed E-state index contributed by atoms with van der Waals surface area (Å²) in [6.07, 6.45) is 0.947. The first kappa shape index (κ1) is 20.0. The summed E-state index contributed by atoms with van der Waals surface area (Å²) in [7, 11) is 0. The smallest absolute Gasteiger partial charge is 0.197 e. The molecule has 0 N–H and O–H groups in total. The molecule has 2 nitrogen and oxygen atoms in total. The summed E-state index contributed by atoms with van der Waals surface area (Å²) < 4.78 is 11.7. The van der Waals surface area contributed by atoms with Crippen molar-refractivity contribution in [3.8, 4) is 5.75 Å². The van der Waals surface area contributed by atoms with Crippen LogP contribution in [0, 0.1) is 11.3 Å². The lowest BCUT2D eigenvalue weighted by Crippen LogP contribution is -2.29. The fourth-order valence-corrected chi connectivity index (χ4v) is 2.95. The molecule has 0 aromatic heterocycles. The van der Waals surface area contributed by atoms with Gasteiger partial charge in [-0.1, -0.05) is 46.8 Å². The number of benzene rings is 1. The minimum absolute atomic E-state index is 0.200. The van der Waals surface area contributed by atoms with Crippen LogP contribution in [0.15, 0.2) is 24.3 Å². The molecule has 2 atom stereocenters. The van der Waals surface area contributed by atoms with E-state index in [1.54, 1.807) is 0 Å². The summed E-state index contributed by atoms with van der Waals surface area (Å²) in [5.41, 5.74) is 1.45. The Balaban J connectivity index is 2.81. The summed E-state index contributed by atoms with van der Waals surface area (Å²) in [4.78, 5) is 0. The normalized spacial score (nSPS) is 15.6. The zero-order valence-corrected chi connectivity index (χ0v) is 16.6. The van der Waals surface area contributed by atoms with Gasteiger partial charge in [0.05, 0.1) is 5.60 Å². The van der Waals surface area contributed by atoms with Crippen molar-refractivity contribution in [2.75, 3.05) is 0 Å². The molecule has 0 heterocycles. The van der Waals surface area contributed by atoms with Gasteiger partial charge in [0.2, 0.25) is 0 Å². The molecule has 132 valence electrons. The second-order valence-electron chi connectivity index (χ2n) is 9.03. The Labute approximate surface area is 143 Å². The largest absolute Gasteiger partial charge is 0.465 e. The minimum Gasteiger partial charge on any atom is -0.465 e. The van der Waals surface area contributed by atoms with Gasteiger partial charge >= 0.3 is 0 Å². The van der Waals surface area contributed by atoms with Crippen LogP contribution in [0.4, 0.5) is 0 Å². The van der Waals surface area contributed by atoms with Gasteiger partial charge in [-0.15, -0.1) is 0 Å². The molecule has 2 unspecified atom stereocenters. The van der Waals surface area contributed by atoms with Crippen LogP contribution in [0.3, 0.4) is 0 Å². The number of ether oxygens (including phenoxy) is 2. The van der Waals surface area contributed by atoms with Crippen LogP contribution in [-0.4, -0.2) is 11.9 Å². The zero-order valence-electron chi connectivity index (χ0n) is 16.6. The Kier molecular flexibility index (Phi) is 6.70. The first-order valence-electron chi connectivity index (χ1n) is 8.83. The van der Waals surface area contributed by atoms with Crippen molar-refractivity contribution in [2.24, 2.45) is 11.3 Å². The van der Waals surface area contributed by atoms with E-state index in [2.05, 4.69) is 58.9 Å². The quantitative estimate of drug-likeness (QED) is 0.564. The van der Waals surface area contributed by atoms with Crippen LogP contribution in [0.2, 0.25) is 0 Å². The average molecular weight is 321 g/mol. The molecule has 0 bridgehead atoms. The first-order valence-corrected chi connectivity index (χ1v) is 8.83. The summed E-state index contributed by atoms with van der Waals surface area (Å²) in [6.45, 7) is 19.6. The minimum atomic E-state index is -0.255. The van der Waals surface area contributed by atoms with E-state index in [9.17, 15) is 0 Å². The number of rotatable bonds is 6. The average Bonchev–Trinajstić information content (AvgIpc) is 2.33. The van der Waals surface area contributed by atoms with Gasteiger partial charge in [-0.3, -0.25) is 0 Å². The van der Waals surface area contributed by atoms with Crippen molar-refractivity contribution in [3.63, 3.8) is 0 Å². The van der Waals surface area contributed by atoms with Crippen LogP contribution in [0.25, 0.3) is 0 Å². The van der Waals surface area contributed by atoms with Gasteiger partial charge in [0.25, 0.3) is 0 Å². The third-order valence-electron chi connectivity index (χ3n) is 3.86. The van der Waals surface area contributed by atoms with Gasteiger partial charge in [0, 0.05) is 0 Å². The van der Waals surface area contributed by atoms with Crippen molar-refractivity contribution in [2.45, 2.75) is 86.5 Å². The zero-order chi connectivity index (χ0) is 17.8. The van der Waals surface area contributed by atoms with Gasteiger partial charge in [-0.25, -0.2) is 0 Å². The second-order valence-corrected chi connectivity index (χ2v) is 9.03. The van der Waals surface area contributed by atoms with Gasteiger partial charge < -0.3 is 9.47 Å². The van der Waals surface area contributed by atoms with Crippen LogP contribution in [-0.2, 0) is 4.74 Å². The van der Waals surface area contributed by atoms with Crippen LogP contribution < -0.4 is 4.74 Å². The van der Waals surface area contributed by atoms with Crippen molar-refractivity contribution in [3.05, 3.63) is 29.8 Å². The standard InChI is InChI=1S/C21H36O2/c1-15(2)14-19(20(4,5)6)17-10-12-18(13-11-17)22-16(3)23-21(7,8)9/h10-13,15-16,19H,14H2,1-9H3. The van der Waals surface area contributed by atoms with Gasteiger partial charge in [-0.05, 0) is 69.1 Å². The lowest BCUT2D eigenvalue weighted by atomic mass is 9.72. The van der Waals surface area contributed by atoms with Crippen molar-refractivity contribution >= 4 is 0 Å². The molecule has 1 rings (SSSR count). The topological polar surface area (TPSA) is 18.5 Å². The van der Waals surface area contributed by atoms with Crippen LogP contribution in [0.1, 0.15) is 80.2 Å². The van der Waals surface area contributed by atoms with Crippen LogP contribution in [0.5, 0.6) is 5.75 Å². The highest BCUT2D eigenvalue weighted by molar-refractivity contribution is 5.30. The summed E-state index contributed by atoms with van der Waals surface area (Å²) >= 11 is 0. The van der Waals surface area contributed by atoms with Crippen LogP contribution >= 0.6 is 0 Å². The van der Waals surface area contributed by atoms with Crippen molar-refractivity contribution < 1.29 is 9.47 Å². The highest BCUT2D eigenvalue weighted by Gasteiger charge is 2.27. The maximum absolute atomic E-state index is 5.87. The molecule has 2 heteroatoms. The van der Waals surface area contributed by atoms with E-state index >= 15 is 0 Å². The van der Waals surface area contributed by atoms with E-state index in [4.69, 9.17) is 9.47 Å². The number of hydrogen-bond donors (Lipinski definition) is 0. The summed E-state index contributed by atoms with van der Waals surface area (Å²) in [6, 6.07) is 8.54. The molecule has 1 aromatic rings. The highest BCUT2D eigenvalue weighted by Crippen LogP contribution is 2.40. The molecular formula is C21H36O2. The fraction of sp³-hybridized carbons (Fsp3) is 0.714. The molecule has 0 spiro atoms. The Morgan fingerprint density at radius 2 is 1.39 bits per heavy atom. The molecule has 0 saturated heterocycles. The molecule has 0 aliphatic carbocycles. The predicted molar refractivity (Wildman–Crippen MR) is 99.0 cm³/mol. The molecule has 0 aliphatic rings. The third kappa shape index (κ3) is 7.39. The molecule has 0 aliphatic heterocycles. The Morgan fingerprint density at radius 1 is 0.870 bits per heavy atom. The molecule has 0 amide bonds. The Bertz CT molecular complexity index is 460.